The Morgan fingerprint density at radius 2 is 2.11 bits per heavy atom. The summed E-state index contributed by atoms with van der Waals surface area (Å²) in [6.07, 6.45) is 15.8. The third-order valence-corrected chi connectivity index (χ3v) is 2.71. The number of hydrogen-bond donors (Lipinski definition) is 0. The van der Waals surface area contributed by atoms with Gasteiger partial charge in [-0.3, -0.25) is 0 Å². The van der Waals surface area contributed by atoms with E-state index in [2.05, 4.69) is 64.2 Å². The van der Waals surface area contributed by atoms with Gasteiger partial charge >= 0.3 is 0 Å². The molecule has 3 nitrogen and oxygen atoms in total. The molecule has 0 aromatic rings. The Bertz CT molecular complexity index is 412. The van der Waals surface area contributed by atoms with Gasteiger partial charge in [-0.05, 0) is 19.4 Å². The van der Waals surface area contributed by atoms with E-state index in [0.29, 0.717) is 6.54 Å². The maximum atomic E-state index is 4.68. The first-order valence-electron chi connectivity index (χ1n) is 6.84. The van der Waals surface area contributed by atoms with Crippen molar-refractivity contribution < 1.29 is 0 Å². The van der Waals surface area contributed by atoms with Crippen molar-refractivity contribution in [3.05, 3.63) is 48.2 Å². The first-order chi connectivity index (χ1) is 9.20. The van der Waals surface area contributed by atoms with Gasteiger partial charge in [-0.15, -0.1) is 0 Å². The van der Waals surface area contributed by atoms with Gasteiger partial charge in [-0.1, -0.05) is 43.4 Å². The number of guanidine groups is 1. The lowest BCUT2D eigenvalue weighted by molar-refractivity contribution is 0.467. The summed E-state index contributed by atoms with van der Waals surface area (Å²) in [6.45, 7) is 5.74. The molecule has 1 aliphatic heterocycles. The Kier molecular flexibility index (Phi) is 6.72. The molecule has 0 atom stereocenters. The predicted octanol–water partition coefficient (Wildman–Crippen LogP) is 3.20. The van der Waals surface area contributed by atoms with Gasteiger partial charge in [0.2, 0.25) is 5.96 Å². The number of aliphatic imine (C=N–C) groups is 1. The molecule has 3 heteroatoms. The van der Waals surface area contributed by atoms with Gasteiger partial charge in [-0.2, -0.15) is 0 Å². The molecule has 1 rings (SSSR count). The smallest absolute Gasteiger partial charge is 0.201 e. The second-order valence-electron chi connectivity index (χ2n) is 4.54. The van der Waals surface area contributed by atoms with Crippen molar-refractivity contribution in [1.29, 1.82) is 0 Å². The molecule has 0 radical (unpaired) electrons. The Morgan fingerprint density at radius 3 is 2.74 bits per heavy atom. The number of allylic oxidation sites excluding steroid dienone is 5. The summed E-state index contributed by atoms with van der Waals surface area (Å²) in [6, 6.07) is 0. The van der Waals surface area contributed by atoms with Crippen LogP contribution in [-0.4, -0.2) is 42.9 Å². The highest BCUT2D eigenvalue weighted by Gasteiger charge is 2.15. The zero-order valence-electron chi connectivity index (χ0n) is 12.5. The fraction of sp³-hybridized carbons (Fsp3) is 0.438. The Labute approximate surface area is 117 Å². The molecule has 0 spiro atoms. The Hall–Kier alpha value is -1.77. The van der Waals surface area contributed by atoms with Crippen molar-refractivity contribution in [2.45, 2.75) is 20.3 Å². The first kappa shape index (κ1) is 15.3. The lowest BCUT2D eigenvalue weighted by Gasteiger charge is -2.30. The van der Waals surface area contributed by atoms with Crippen LogP contribution in [0.15, 0.2) is 53.2 Å². The average Bonchev–Trinajstić information content (AvgIpc) is 2.49. The molecule has 0 aliphatic carbocycles. The van der Waals surface area contributed by atoms with E-state index in [4.69, 9.17) is 0 Å². The van der Waals surface area contributed by atoms with Gasteiger partial charge in [0.05, 0.1) is 6.54 Å². The second kappa shape index (κ2) is 8.35. The molecule has 0 saturated heterocycles. The van der Waals surface area contributed by atoms with Crippen LogP contribution in [0.3, 0.4) is 0 Å². The molecule has 0 saturated carbocycles. The molecule has 0 bridgehead atoms. The molecule has 0 N–H and O–H groups in total. The zero-order valence-corrected chi connectivity index (χ0v) is 12.5. The molecule has 0 aromatic heterocycles. The van der Waals surface area contributed by atoms with Gasteiger partial charge in [-0.25, -0.2) is 4.99 Å². The number of nitrogens with zero attached hydrogens (tertiary/aromatic N) is 3. The van der Waals surface area contributed by atoms with Crippen molar-refractivity contribution in [2.24, 2.45) is 4.99 Å². The van der Waals surface area contributed by atoms with Gasteiger partial charge in [0.1, 0.15) is 0 Å². The number of hydrogen-bond acceptors (Lipinski definition) is 3. The van der Waals surface area contributed by atoms with E-state index in [9.17, 15) is 0 Å². The topological polar surface area (TPSA) is 18.8 Å². The van der Waals surface area contributed by atoms with Crippen LogP contribution in [0.2, 0.25) is 0 Å². The van der Waals surface area contributed by atoms with Crippen molar-refractivity contribution in [3.63, 3.8) is 0 Å². The molecule has 0 amide bonds. The minimum atomic E-state index is 0.712. The third-order valence-electron chi connectivity index (χ3n) is 2.71. The maximum absolute atomic E-state index is 4.68. The van der Waals surface area contributed by atoms with Crippen molar-refractivity contribution in [1.82, 2.24) is 9.80 Å². The quantitative estimate of drug-likeness (QED) is 0.725. The highest BCUT2D eigenvalue weighted by molar-refractivity contribution is 5.82. The second-order valence-corrected chi connectivity index (χ2v) is 4.54. The van der Waals surface area contributed by atoms with Crippen LogP contribution in [0.1, 0.15) is 20.3 Å². The summed E-state index contributed by atoms with van der Waals surface area (Å²) < 4.78 is 0. The molecule has 104 valence electrons. The summed E-state index contributed by atoms with van der Waals surface area (Å²) in [7, 11) is 4.08. The molecule has 1 aliphatic rings. The largest absolute Gasteiger partial charge is 0.349 e. The molecule has 0 fully saturated rings. The van der Waals surface area contributed by atoms with E-state index in [1.165, 1.54) is 5.70 Å². The Balaban J connectivity index is 3.14. The average molecular weight is 259 g/mol. The highest BCUT2D eigenvalue weighted by Crippen LogP contribution is 2.12. The summed E-state index contributed by atoms with van der Waals surface area (Å²) in [5, 5.41) is 0. The minimum absolute atomic E-state index is 0.712. The van der Waals surface area contributed by atoms with Gasteiger partial charge in [0, 0.05) is 26.3 Å². The van der Waals surface area contributed by atoms with E-state index >= 15 is 0 Å². The fourth-order valence-corrected chi connectivity index (χ4v) is 1.94. The van der Waals surface area contributed by atoms with Gasteiger partial charge in [0.25, 0.3) is 0 Å². The number of rotatable bonds is 3. The summed E-state index contributed by atoms with van der Waals surface area (Å²) >= 11 is 0. The highest BCUT2D eigenvalue weighted by atomic mass is 15.4. The molecule has 19 heavy (non-hydrogen) atoms. The van der Waals surface area contributed by atoms with Gasteiger partial charge in [0.15, 0.2) is 0 Å². The third kappa shape index (κ3) is 4.78. The molecule has 0 unspecified atom stereocenters. The molecular weight excluding hydrogens is 234 g/mol. The molecule has 1 heterocycles. The molecular formula is C16H25N3. The SMILES string of the molecule is C/C=C\C(=C/CC)N1C/C=C\C=C/CN=C1N(C)C. The Morgan fingerprint density at radius 1 is 1.37 bits per heavy atom. The van der Waals surface area contributed by atoms with Crippen molar-refractivity contribution in [2.75, 3.05) is 27.2 Å². The first-order valence-corrected chi connectivity index (χ1v) is 6.84. The van der Waals surface area contributed by atoms with E-state index in [1.54, 1.807) is 0 Å². The van der Waals surface area contributed by atoms with E-state index in [-0.39, 0.29) is 0 Å². The van der Waals surface area contributed by atoms with Crippen LogP contribution in [0, 0.1) is 0 Å². The van der Waals surface area contributed by atoms with E-state index in [0.717, 1.165) is 18.9 Å². The van der Waals surface area contributed by atoms with Crippen LogP contribution < -0.4 is 0 Å². The van der Waals surface area contributed by atoms with Crippen molar-refractivity contribution in [3.8, 4) is 0 Å². The van der Waals surface area contributed by atoms with Crippen LogP contribution in [0.4, 0.5) is 0 Å². The van der Waals surface area contributed by atoms with Crippen LogP contribution in [0.25, 0.3) is 0 Å². The summed E-state index contributed by atoms with van der Waals surface area (Å²) in [4.78, 5) is 8.99. The van der Waals surface area contributed by atoms with Gasteiger partial charge < -0.3 is 9.80 Å². The van der Waals surface area contributed by atoms with Crippen molar-refractivity contribution >= 4 is 5.96 Å². The van der Waals surface area contributed by atoms with Crippen LogP contribution >= 0.6 is 0 Å². The maximum Gasteiger partial charge on any atom is 0.201 e. The minimum Gasteiger partial charge on any atom is -0.349 e. The monoisotopic (exact) mass is 259 g/mol. The zero-order chi connectivity index (χ0) is 14.1. The predicted molar refractivity (Wildman–Crippen MR) is 84.2 cm³/mol. The molecule has 0 aromatic carbocycles. The van der Waals surface area contributed by atoms with Crippen LogP contribution in [0.5, 0.6) is 0 Å². The normalized spacial score (nSPS) is 20.5. The standard InChI is InChI=1S/C16H25N3/c1-5-11-15(12-6-2)19-14-10-8-7-9-13-17-16(19)18(3)4/h5,7-12H,6,13-14H2,1-4H3/b9-7-,10-8-,11-5-,15-12+,17-16?. The lowest BCUT2D eigenvalue weighted by Crippen LogP contribution is -2.40. The summed E-state index contributed by atoms with van der Waals surface area (Å²) in [5.74, 6) is 0.994. The lowest BCUT2D eigenvalue weighted by atomic mass is 10.2. The van der Waals surface area contributed by atoms with E-state index < -0.39 is 0 Å². The summed E-state index contributed by atoms with van der Waals surface area (Å²) in [5.41, 5.74) is 1.20. The van der Waals surface area contributed by atoms with Crippen LogP contribution in [-0.2, 0) is 0 Å². The van der Waals surface area contributed by atoms with E-state index in [1.807, 2.05) is 21.0 Å². The fourth-order valence-electron chi connectivity index (χ4n) is 1.94.